The van der Waals surface area contributed by atoms with E-state index in [-0.39, 0.29) is 11.2 Å². The van der Waals surface area contributed by atoms with E-state index < -0.39 is 15.9 Å². The van der Waals surface area contributed by atoms with Crippen molar-refractivity contribution in [2.75, 3.05) is 0 Å². The van der Waals surface area contributed by atoms with Gasteiger partial charge in [-0.05, 0) is 19.3 Å². The number of carbonyl (C=O) groups excluding carboxylic acids is 1. The lowest BCUT2D eigenvalue weighted by Crippen LogP contribution is -2.36. The number of rotatable bonds is 5. The Morgan fingerprint density at radius 1 is 1.64 bits per heavy atom. The van der Waals surface area contributed by atoms with Gasteiger partial charge in [-0.2, -0.15) is 0 Å². The zero-order valence-electron chi connectivity index (χ0n) is 8.19. The standard InChI is InChI=1S/C9H15NO3S/c1-3-4-7(2)9(11)10-14(12,13)8-5-6-8/h3,7-8H,1,4-6H2,2H3,(H,10,11). The Labute approximate surface area is 84.4 Å². The zero-order chi connectivity index (χ0) is 10.8. The maximum Gasteiger partial charge on any atom is 0.237 e. The number of hydrogen-bond acceptors (Lipinski definition) is 3. The summed E-state index contributed by atoms with van der Waals surface area (Å²) in [5.41, 5.74) is 0. The van der Waals surface area contributed by atoms with Gasteiger partial charge in [-0.3, -0.25) is 9.52 Å². The molecule has 14 heavy (non-hydrogen) atoms. The van der Waals surface area contributed by atoms with Gasteiger partial charge in [-0.1, -0.05) is 13.0 Å². The lowest BCUT2D eigenvalue weighted by molar-refractivity contribution is -0.122. The van der Waals surface area contributed by atoms with Gasteiger partial charge in [0.1, 0.15) is 0 Å². The number of carbonyl (C=O) groups is 1. The van der Waals surface area contributed by atoms with Crippen molar-refractivity contribution in [1.29, 1.82) is 0 Å². The van der Waals surface area contributed by atoms with E-state index in [0.29, 0.717) is 19.3 Å². The maximum absolute atomic E-state index is 11.4. The summed E-state index contributed by atoms with van der Waals surface area (Å²) in [4.78, 5) is 11.3. The molecule has 80 valence electrons. The van der Waals surface area contributed by atoms with Crippen LogP contribution in [0.15, 0.2) is 12.7 Å². The van der Waals surface area contributed by atoms with E-state index in [1.54, 1.807) is 13.0 Å². The van der Waals surface area contributed by atoms with Crippen molar-refractivity contribution < 1.29 is 13.2 Å². The SMILES string of the molecule is C=CCC(C)C(=O)NS(=O)(=O)C1CC1. The van der Waals surface area contributed by atoms with E-state index in [2.05, 4.69) is 11.3 Å². The second-order valence-corrected chi connectivity index (χ2v) is 5.60. The highest BCUT2D eigenvalue weighted by atomic mass is 32.2. The predicted octanol–water partition coefficient (Wildman–Crippen LogP) is 0.807. The number of hydrogen-bond donors (Lipinski definition) is 1. The first-order valence-electron chi connectivity index (χ1n) is 4.63. The number of sulfonamides is 1. The Bertz CT molecular complexity index is 330. The van der Waals surface area contributed by atoms with Crippen molar-refractivity contribution >= 4 is 15.9 Å². The number of allylic oxidation sites excluding steroid dienone is 1. The fourth-order valence-electron chi connectivity index (χ4n) is 1.06. The molecule has 4 nitrogen and oxygen atoms in total. The van der Waals surface area contributed by atoms with Crippen molar-refractivity contribution in [3.63, 3.8) is 0 Å². The van der Waals surface area contributed by atoms with Crippen LogP contribution >= 0.6 is 0 Å². The van der Waals surface area contributed by atoms with Gasteiger partial charge < -0.3 is 0 Å². The molecule has 1 saturated carbocycles. The minimum Gasteiger partial charge on any atom is -0.274 e. The maximum atomic E-state index is 11.4. The molecule has 1 atom stereocenters. The van der Waals surface area contributed by atoms with E-state index in [1.165, 1.54) is 0 Å². The van der Waals surface area contributed by atoms with Crippen LogP contribution in [-0.4, -0.2) is 19.6 Å². The average Bonchev–Trinajstić information content (AvgIpc) is 2.85. The fourth-order valence-corrected chi connectivity index (χ4v) is 2.46. The van der Waals surface area contributed by atoms with Crippen molar-refractivity contribution in [2.24, 2.45) is 5.92 Å². The minimum atomic E-state index is -3.38. The molecule has 1 N–H and O–H groups in total. The van der Waals surface area contributed by atoms with Crippen LogP contribution in [0, 0.1) is 5.92 Å². The Morgan fingerprint density at radius 3 is 2.64 bits per heavy atom. The Morgan fingerprint density at radius 2 is 2.21 bits per heavy atom. The Kier molecular flexibility index (Phi) is 3.31. The van der Waals surface area contributed by atoms with Crippen molar-refractivity contribution in [3.8, 4) is 0 Å². The lowest BCUT2D eigenvalue weighted by atomic mass is 10.1. The summed E-state index contributed by atoms with van der Waals surface area (Å²) in [6, 6.07) is 0. The summed E-state index contributed by atoms with van der Waals surface area (Å²) in [5.74, 6) is -0.766. The van der Waals surface area contributed by atoms with E-state index in [4.69, 9.17) is 0 Å². The van der Waals surface area contributed by atoms with Gasteiger partial charge in [0.25, 0.3) is 0 Å². The highest BCUT2D eigenvalue weighted by Gasteiger charge is 2.37. The molecule has 1 rings (SSSR count). The van der Waals surface area contributed by atoms with Crippen LogP contribution < -0.4 is 4.72 Å². The minimum absolute atomic E-state index is 0.332. The van der Waals surface area contributed by atoms with Gasteiger partial charge >= 0.3 is 0 Å². The normalized spacial score (nSPS) is 18.6. The molecule has 0 aromatic carbocycles. The summed E-state index contributed by atoms with van der Waals surface area (Å²) >= 11 is 0. The van der Waals surface area contributed by atoms with Gasteiger partial charge in [0, 0.05) is 5.92 Å². The lowest BCUT2D eigenvalue weighted by Gasteiger charge is -2.09. The number of amides is 1. The Balaban J connectivity index is 2.51. The molecule has 1 amide bonds. The largest absolute Gasteiger partial charge is 0.274 e. The smallest absolute Gasteiger partial charge is 0.237 e. The molecule has 1 unspecified atom stereocenters. The van der Waals surface area contributed by atoms with Gasteiger partial charge in [0.15, 0.2) is 0 Å². The van der Waals surface area contributed by atoms with Crippen LogP contribution in [-0.2, 0) is 14.8 Å². The summed E-state index contributed by atoms with van der Waals surface area (Å²) in [7, 11) is -3.38. The van der Waals surface area contributed by atoms with Crippen LogP contribution in [0.2, 0.25) is 0 Å². The molecule has 5 heteroatoms. The highest BCUT2D eigenvalue weighted by molar-refractivity contribution is 7.90. The van der Waals surface area contributed by atoms with E-state index >= 15 is 0 Å². The van der Waals surface area contributed by atoms with Crippen LogP contribution in [0.3, 0.4) is 0 Å². The fraction of sp³-hybridized carbons (Fsp3) is 0.667. The molecule has 1 aliphatic carbocycles. The van der Waals surface area contributed by atoms with E-state index in [9.17, 15) is 13.2 Å². The van der Waals surface area contributed by atoms with Crippen LogP contribution in [0.4, 0.5) is 0 Å². The molecule has 1 fully saturated rings. The summed E-state index contributed by atoms with van der Waals surface area (Å²) in [6.45, 7) is 5.18. The second-order valence-electron chi connectivity index (χ2n) is 3.64. The van der Waals surface area contributed by atoms with Crippen LogP contribution in [0.5, 0.6) is 0 Å². The van der Waals surface area contributed by atoms with Crippen molar-refractivity contribution in [1.82, 2.24) is 4.72 Å². The number of nitrogens with one attached hydrogen (secondary N) is 1. The Hall–Kier alpha value is -0.840. The molecular weight excluding hydrogens is 202 g/mol. The topological polar surface area (TPSA) is 63.2 Å². The average molecular weight is 217 g/mol. The molecule has 0 radical (unpaired) electrons. The summed E-state index contributed by atoms with van der Waals surface area (Å²) in [6.07, 6.45) is 3.43. The van der Waals surface area contributed by atoms with E-state index in [1.807, 2.05) is 0 Å². The van der Waals surface area contributed by atoms with Crippen LogP contribution in [0.1, 0.15) is 26.2 Å². The first-order chi connectivity index (χ1) is 6.47. The molecule has 1 aliphatic rings. The van der Waals surface area contributed by atoms with Gasteiger partial charge in [0.05, 0.1) is 5.25 Å². The summed E-state index contributed by atoms with van der Waals surface area (Å²) < 4.78 is 24.8. The monoisotopic (exact) mass is 217 g/mol. The first kappa shape index (κ1) is 11.2. The zero-order valence-corrected chi connectivity index (χ0v) is 9.01. The molecule has 0 saturated heterocycles. The van der Waals surface area contributed by atoms with Gasteiger partial charge in [-0.25, -0.2) is 8.42 Å². The molecule has 0 spiro atoms. The molecule has 0 bridgehead atoms. The first-order valence-corrected chi connectivity index (χ1v) is 6.18. The third-order valence-corrected chi connectivity index (χ3v) is 4.01. The van der Waals surface area contributed by atoms with Crippen molar-refractivity contribution in [3.05, 3.63) is 12.7 Å². The third-order valence-electron chi connectivity index (χ3n) is 2.17. The summed E-state index contributed by atoms with van der Waals surface area (Å²) in [5, 5.41) is -0.345. The molecular formula is C9H15NO3S. The van der Waals surface area contributed by atoms with Crippen LogP contribution in [0.25, 0.3) is 0 Å². The molecule has 0 aromatic heterocycles. The van der Waals surface area contributed by atoms with Gasteiger partial charge in [0.2, 0.25) is 15.9 Å². The molecule has 0 aliphatic heterocycles. The predicted molar refractivity (Wildman–Crippen MR) is 54.1 cm³/mol. The third kappa shape index (κ3) is 2.83. The van der Waals surface area contributed by atoms with Crippen molar-refractivity contribution in [2.45, 2.75) is 31.4 Å². The highest BCUT2D eigenvalue weighted by Crippen LogP contribution is 2.27. The molecule has 0 heterocycles. The second kappa shape index (κ2) is 4.13. The molecule has 0 aromatic rings. The van der Waals surface area contributed by atoms with E-state index in [0.717, 1.165) is 0 Å². The van der Waals surface area contributed by atoms with Gasteiger partial charge in [-0.15, -0.1) is 6.58 Å². The quantitative estimate of drug-likeness (QED) is 0.693.